The van der Waals surface area contributed by atoms with E-state index in [9.17, 15) is 4.79 Å². The van der Waals surface area contributed by atoms with Crippen molar-refractivity contribution in [3.8, 4) is 17.1 Å². The number of piperidine rings is 1. The molecule has 1 aliphatic heterocycles. The van der Waals surface area contributed by atoms with Crippen LogP contribution in [-0.2, 0) is 11.3 Å². The lowest BCUT2D eigenvalue weighted by Gasteiger charge is -2.32. The number of likely N-dealkylation sites (tertiary alicyclic amines) is 1. The van der Waals surface area contributed by atoms with Gasteiger partial charge in [-0.2, -0.15) is 4.98 Å². The zero-order valence-electron chi connectivity index (χ0n) is 20.2. The monoisotopic (exact) mass is 462 g/mol. The SMILES string of the molecule is COc1ccc(-c2noc(CN3CCCC(C(=O)NC(CC(C)C)c4ccccc4)C3)n2)cc1. The molecular weight excluding hydrogens is 428 g/mol. The minimum atomic E-state index is -0.0453. The van der Waals surface area contributed by atoms with Gasteiger partial charge in [0.05, 0.1) is 25.6 Å². The highest BCUT2D eigenvalue weighted by Gasteiger charge is 2.28. The Bertz CT molecular complexity index is 1050. The van der Waals surface area contributed by atoms with E-state index in [0.717, 1.165) is 42.7 Å². The van der Waals surface area contributed by atoms with Gasteiger partial charge in [0, 0.05) is 12.1 Å². The van der Waals surface area contributed by atoms with Crippen molar-refractivity contribution in [1.29, 1.82) is 0 Å². The molecule has 2 aromatic carbocycles. The summed E-state index contributed by atoms with van der Waals surface area (Å²) in [5, 5.41) is 7.46. The Balaban J connectivity index is 1.36. The van der Waals surface area contributed by atoms with Crippen LogP contribution in [0.1, 0.15) is 50.6 Å². The van der Waals surface area contributed by atoms with Gasteiger partial charge in [0.1, 0.15) is 5.75 Å². The first kappa shape index (κ1) is 24.0. The summed E-state index contributed by atoms with van der Waals surface area (Å²) in [6.45, 7) is 6.53. The summed E-state index contributed by atoms with van der Waals surface area (Å²) in [7, 11) is 1.64. The van der Waals surface area contributed by atoms with Crippen LogP contribution < -0.4 is 10.1 Å². The van der Waals surface area contributed by atoms with Gasteiger partial charge in [-0.3, -0.25) is 9.69 Å². The second kappa shape index (κ2) is 11.3. The van der Waals surface area contributed by atoms with E-state index < -0.39 is 0 Å². The number of nitrogens with zero attached hydrogens (tertiary/aromatic N) is 3. The third kappa shape index (κ3) is 6.23. The van der Waals surface area contributed by atoms with Crippen LogP contribution in [0.4, 0.5) is 0 Å². The highest BCUT2D eigenvalue weighted by Crippen LogP contribution is 2.25. The summed E-state index contributed by atoms with van der Waals surface area (Å²) in [6, 6.07) is 17.9. The van der Waals surface area contributed by atoms with E-state index in [4.69, 9.17) is 9.26 Å². The minimum absolute atomic E-state index is 0.0343. The molecule has 180 valence electrons. The largest absolute Gasteiger partial charge is 0.497 e. The highest BCUT2D eigenvalue weighted by molar-refractivity contribution is 5.79. The molecule has 2 unspecified atom stereocenters. The zero-order valence-corrected chi connectivity index (χ0v) is 20.2. The summed E-state index contributed by atoms with van der Waals surface area (Å²) in [5.74, 6) is 2.48. The Morgan fingerprint density at radius 3 is 2.65 bits per heavy atom. The number of carbonyl (C=O) groups excluding carboxylic acids is 1. The maximum atomic E-state index is 13.2. The summed E-state index contributed by atoms with van der Waals surface area (Å²) >= 11 is 0. The van der Waals surface area contributed by atoms with E-state index in [-0.39, 0.29) is 17.9 Å². The van der Waals surface area contributed by atoms with Crippen molar-refractivity contribution >= 4 is 5.91 Å². The number of methoxy groups -OCH3 is 1. The number of carbonyl (C=O) groups is 1. The Morgan fingerprint density at radius 1 is 1.18 bits per heavy atom. The summed E-state index contributed by atoms with van der Waals surface area (Å²) in [5.41, 5.74) is 2.04. The second-order valence-electron chi connectivity index (χ2n) is 9.42. The van der Waals surface area contributed by atoms with Gasteiger partial charge < -0.3 is 14.6 Å². The molecule has 2 atom stereocenters. The van der Waals surface area contributed by atoms with Crippen LogP contribution in [0.2, 0.25) is 0 Å². The summed E-state index contributed by atoms with van der Waals surface area (Å²) < 4.78 is 10.7. The Morgan fingerprint density at radius 2 is 1.94 bits per heavy atom. The maximum absolute atomic E-state index is 13.2. The molecule has 0 radical (unpaired) electrons. The van der Waals surface area contributed by atoms with Crippen LogP contribution in [0.25, 0.3) is 11.4 Å². The second-order valence-corrected chi connectivity index (χ2v) is 9.42. The lowest BCUT2D eigenvalue weighted by molar-refractivity contribution is -0.127. The topological polar surface area (TPSA) is 80.5 Å². The fraction of sp³-hybridized carbons (Fsp3) is 0.444. The molecule has 0 spiro atoms. The van der Waals surface area contributed by atoms with Crippen LogP contribution in [-0.4, -0.2) is 41.1 Å². The first-order chi connectivity index (χ1) is 16.5. The van der Waals surface area contributed by atoms with Gasteiger partial charge in [-0.15, -0.1) is 0 Å². The van der Waals surface area contributed by atoms with Crippen molar-refractivity contribution < 1.29 is 14.1 Å². The standard InChI is InChI=1S/C27H34N4O3/c1-19(2)16-24(20-8-5-4-6-9-20)28-27(32)22-10-7-15-31(17-22)18-25-29-26(30-34-25)21-11-13-23(33-3)14-12-21/h4-6,8-9,11-14,19,22,24H,7,10,15-18H2,1-3H3,(H,28,32). The van der Waals surface area contributed by atoms with Crippen molar-refractivity contribution in [2.45, 2.75) is 45.7 Å². The molecule has 1 fully saturated rings. The lowest BCUT2D eigenvalue weighted by Crippen LogP contribution is -2.43. The number of rotatable bonds is 9. The molecule has 4 rings (SSSR count). The molecule has 1 aliphatic rings. The predicted octanol–water partition coefficient (Wildman–Crippen LogP) is 4.86. The van der Waals surface area contributed by atoms with Crippen molar-refractivity contribution in [2.24, 2.45) is 11.8 Å². The first-order valence-corrected chi connectivity index (χ1v) is 12.1. The van der Waals surface area contributed by atoms with E-state index in [1.165, 1.54) is 0 Å². The number of aromatic nitrogens is 2. The third-order valence-corrected chi connectivity index (χ3v) is 6.28. The van der Waals surface area contributed by atoms with E-state index in [1.54, 1.807) is 7.11 Å². The quantitative estimate of drug-likeness (QED) is 0.489. The lowest BCUT2D eigenvalue weighted by atomic mass is 9.93. The van der Waals surface area contributed by atoms with Crippen molar-refractivity contribution in [3.05, 3.63) is 66.1 Å². The van der Waals surface area contributed by atoms with Gasteiger partial charge in [-0.05, 0) is 61.6 Å². The van der Waals surface area contributed by atoms with E-state index in [0.29, 0.717) is 30.7 Å². The van der Waals surface area contributed by atoms with E-state index in [2.05, 4.69) is 46.3 Å². The van der Waals surface area contributed by atoms with Gasteiger partial charge in [-0.1, -0.05) is 49.3 Å². The minimum Gasteiger partial charge on any atom is -0.497 e. The van der Waals surface area contributed by atoms with Gasteiger partial charge in [0.2, 0.25) is 17.6 Å². The van der Waals surface area contributed by atoms with Crippen LogP contribution in [0.5, 0.6) is 5.75 Å². The number of amides is 1. The van der Waals surface area contributed by atoms with Crippen LogP contribution >= 0.6 is 0 Å². The smallest absolute Gasteiger partial charge is 0.241 e. The molecule has 1 N–H and O–H groups in total. The summed E-state index contributed by atoms with van der Waals surface area (Å²) in [6.07, 6.45) is 2.78. The van der Waals surface area contributed by atoms with Crippen molar-refractivity contribution in [1.82, 2.24) is 20.4 Å². The molecule has 1 saturated heterocycles. The number of hydrogen-bond donors (Lipinski definition) is 1. The fourth-order valence-electron chi connectivity index (χ4n) is 4.51. The molecule has 0 aliphatic carbocycles. The van der Waals surface area contributed by atoms with Crippen LogP contribution in [0, 0.1) is 11.8 Å². The van der Waals surface area contributed by atoms with Gasteiger partial charge in [0.15, 0.2) is 0 Å². The highest BCUT2D eigenvalue weighted by atomic mass is 16.5. The molecule has 1 amide bonds. The molecule has 34 heavy (non-hydrogen) atoms. The van der Waals surface area contributed by atoms with Crippen LogP contribution in [0.3, 0.4) is 0 Å². The van der Waals surface area contributed by atoms with Crippen molar-refractivity contribution in [3.63, 3.8) is 0 Å². The molecule has 2 heterocycles. The van der Waals surface area contributed by atoms with Crippen LogP contribution in [0.15, 0.2) is 59.1 Å². The molecule has 3 aromatic rings. The van der Waals surface area contributed by atoms with E-state index in [1.807, 2.05) is 42.5 Å². The molecule has 1 aromatic heterocycles. The van der Waals surface area contributed by atoms with Crippen molar-refractivity contribution in [2.75, 3.05) is 20.2 Å². The zero-order chi connectivity index (χ0) is 23.9. The number of hydrogen-bond acceptors (Lipinski definition) is 6. The van der Waals surface area contributed by atoms with Gasteiger partial charge in [0.25, 0.3) is 0 Å². The van der Waals surface area contributed by atoms with Gasteiger partial charge >= 0.3 is 0 Å². The fourth-order valence-corrected chi connectivity index (χ4v) is 4.51. The Hall–Kier alpha value is -3.19. The number of benzene rings is 2. The molecule has 7 nitrogen and oxygen atoms in total. The first-order valence-electron chi connectivity index (χ1n) is 12.1. The number of nitrogens with one attached hydrogen (secondary N) is 1. The normalized spacial score (nSPS) is 17.5. The summed E-state index contributed by atoms with van der Waals surface area (Å²) in [4.78, 5) is 20.0. The Kier molecular flexibility index (Phi) is 7.95. The van der Waals surface area contributed by atoms with Gasteiger partial charge in [-0.25, -0.2) is 0 Å². The average molecular weight is 463 g/mol. The predicted molar refractivity (Wildman–Crippen MR) is 131 cm³/mol. The average Bonchev–Trinajstić information content (AvgIpc) is 3.32. The maximum Gasteiger partial charge on any atom is 0.241 e. The third-order valence-electron chi connectivity index (χ3n) is 6.28. The molecule has 0 saturated carbocycles. The Labute approximate surface area is 201 Å². The van der Waals surface area contributed by atoms with E-state index >= 15 is 0 Å². The molecular formula is C27H34N4O3. The molecule has 0 bridgehead atoms. The molecule has 7 heteroatoms. The number of ether oxygens (including phenoxy) is 1.